The third-order valence-electron chi connectivity index (χ3n) is 3.54. The highest BCUT2D eigenvalue weighted by Gasteiger charge is 2.42. The molecule has 0 radical (unpaired) electrons. The van der Waals surface area contributed by atoms with Crippen molar-refractivity contribution < 1.29 is 0 Å². The zero-order valence-electron chi connectivity index (χ0n) is 8.46. The maximum atomic E-state index is 5.96. The van der Waals surface area contributed by atoms with Crippen LogP contribution in [0.4, 0.5) is 0 Å². The topological polar surface area (TPSA) is 29.3 Å². The first-order valence-corrected chi connectivity index (χ1v) is 6.24. The highest BCUT2D eigenvalue weighted by Crippen LogP contribution is 2.41. The molecule has 2 unspecified atom stereocenters. The van der Waals surface area contributed by atoms with Gasteiger partial charge in [0.2, 0.25) is 0 Å². The monoisotopic (exact) mass is 294 g/mol. The smallest absolute Gasteiger partial charge is 0.0673 e. The largest absolute Gasteiger partial charge is 0.328 e. The summed E-state index contributed by atoms with van der Waals surface area (Å²) in [6.45, 7) is 7.14. The lowest BCUT2D eigenvalue weighted by Gasteiger charge is -2.30. The molecule has 1 aliphatic heterocycles. The highest BCUT2D eigenvalue weighted by molar-refractivity contribution is 14.1. The molecule has 2 aliphatic rings. The van der Waals surface area contributed by atoms with E-state index in [0.29, 0.717) is 9.59 Å². The standard InChI is InChI=1S/C10H19IN2/c1-10(2,11)13-5-7-3-9(12)4-8(7)6-13/h7-9H,3-6,12H2,1-2H3. The van der Waals surface area contributed by atoms with Gasteiger partial charge in [0.1, 0.15) is 0 Å². The van der Waals surface area contributed by atoms with Crippen molar-refractivity contribution in [1.29, 1.82) is 0 Å². The van der Waals surface area contributed by atoms with Gasteiger partial charge in [0.05, 0.1) is 3.55 Å². The van der Waals surface area contributed by atoms with Crippen molar-refractivity contribution in [3.63, 3.8) is 0 Å². The molecule has 2 fully saturated rings. The summed E-state index contributed by atoms with van der Waals surface area (Å²) in [5.41, 5.74) is 5.96. The minimum absolute atomic E-state index is 0.326. The quantitative estimate of drug-likeness (QED) is 0.454. The molecule has 2 rings (SSSR count). The lowest BCUT2D eigenvalue weighted by molar-refractivity contribution is 0.238. The van der Waals surface area contributed by atoms with Gasteiger partial charge in [0.25, 0.3) is 0 Å². The number of fused-ring (bicyclic) bond motifs is 1. The van der Waals surface area contributed by atoms with Gasteiger partial charge in [-0.1, -0.05) is 22.6 Å². The number of hydrogen-bond donors (Lipinski definition) is 1. The van der Waals surface area contributed by atoms with Crippen LogP contribution in [0, 0.1) is 11.8 Å². The van der Waals surface area contributed by atoms with Crippen molar-refractivity contribution in [2.75, 3.05) is 13.1 Å². The van der Waals surface area contributed by atoms with Gasteiger partial charge >= 0.3 is 0 Å². The van der Waals surface area contributed by atoms with E-state index in [2.05, 4.69) is 41.3 Å². The van der Waals surface area contributed by atoms with E-state index in [1.807, 2.05) is 0 Å². The van der Waals surface area contributed by atoms with Gasteiger partial charge in [-0.3, -0.25) is 4.90 Å². The summed E-state index contributed by atoms with van der Waals surface area (Å²) < 4.78 is 0.326. The summed E-state index contributed by atoms with van der Waals surface area (Å²) in [5.74, 6) is 1.79. The molecule has 0 spiro atoms. The van der Waals surface area contributed by atoms with E-state index in [1.165, 1.54) is 25.9 Å². The molecule has 2 nitrogen and oxygen atoms in total. The first kappa shape index (κ1) is 10.2. The average molecular weight is 294 g/mol. The van der Waals surface area contributed by atoms with E-state index in [-0.39, 0.29) is 0 Å². The molecular formula is C10H19IN2. The number of alkyl halides is 1. The number of rotatable bonds is 1. The molecule has 2 atom stereocenters. The van der Waals surface area contributed by atoms with Crippen molar-refractivity contribution in [3.8, 4) is 0 Å². The zero-order valence-corrected chi connectivity index (χ0v) is 10.6. The maximum absolute atomic E-state index is 5.96. The molecule has 1 saturated carbocycles. The molecule has 0 aromatic heterocycles. The fourth-order valence-corrected chi connectivity index (χ4v) is 3.17. The predicted molar refractivity (Wildman–Crippen MR) is 63.9 cm³/mol. The molecule has 3 heteroatoms. The van der Waals surface area contributed by atoms with E-state index in [4.69, 9.17) is 5.73 Å². The van der Waals surface area contributed by atoms with E-state index >= 15 is 0 Å². The van der Waals surface area contributed by atoms with Crippen LogP contribution in [0.1, 0.15) is 26.7 Å². The number of halogens is 1. The summed E-state index contributed by atoms with van der Waals surface area (Å²) in [5, 5.41) is 0. The van der Waals surface area contributed by atoms with Gasteiger partial charge in [0.15, 0.2) is 0 Å². The van der Waals surface area contributed by atoms with E-state index in [0.717, 1.165) is 11.8 Å². The SMILES string of the molecule is CC(C)(I)N1CC2CC(N)CC2C1. The van der Waals surface area contributed by atoms with Gasteiger partial charge in [-0.2, -0.15) is 0 Å². The second-order valence-corrected chi connectivity index (χ2v) is 7.71. The molecule has 76 valence electrons. The summed E-state index contributed by atoms with van der Waals surface area (Å²) >= 11 is 2.54. The minimum atomic E-state index is 0.326. The van der Waals surface area contributed by atoms with Crippen LogP contribution < -0.4 is 5.73 Å². The van der Waals surface area contributed by atoms with Crippen LogP contribution in [-0.2, 0) is 0 Å². The van der Waals surface area contributed by atoms with Crippen LogP contribution in [0.3, 0.4) is 0 Å². The Balaban J connectivity index is 1.98. The number of likely N-dealkylation sites (tertiary alicyclic amines) is 1. The molecule has 2 N–H and O–H groups in total. The van der Waals surface area contributed by atoms with E-state index < -0.39 is 0 Å². The number of hydrogen-bond acceptors (Lipinski definition) is 2. The first-order chi connectivity index (χ1) is 5.97. The zero-order chi connectivity index (χ0) is 9.64. The molecule has 0 amide bonds. The molecule has 0 aromatic rings. The fraction of sp³-hybridized carbons (Fsp3) is 1.00. The van der Waals surface area contributed by atoms with Crippen LogP contribution >= 0.6 is 22.6 Å². The molecular weight excluding hydrogens is 275 g/mol. The molecule has 0 bridgehead atoms. The Morgan fingerprint density at radius 3 is 2.08 bits per heavy atom. The fourth-order valence-electron chi connectivity index (χ4n) is 2.78. The van der Waals surface area contributed by atoms with Gasteiger partial charge in [-0.05, 0) is 38.5 Å². The summed E-state index contributed by atoms with van der Waals surface area (Å²) in [6, 6.07) is 0.495. The predicted octanol–water partition coefficient (Wildman–Crippen LogP) is 1.83. The summed E-state index contributed by atoms with van der Waals surface area (Å²) in [7, 11) is 0. The van der Waals surface area contributed by atoms with Crippen LogP contribution in [-0.4, -0.2) is 27.6 Å². The van der Waals surface area contributed by atoms with Crippen LogP contribution in [0.5, 0.6) is 0 Å². The van der Waals surface area contributed by atoms with Crippen molar-refractivity contribution in [2.45, 2.75) is 36.3 Å². The molecule has 1 heterocycles. The Labute approximate surface area is 94.4 Å². The lowest BCUT2D eigenvalue weighted by Crippen LogP contribution is -2.38. The van der Waals surface area contributed by atoms with Crippen LogP contribution in [0.2, 0.25) is 0 Å². The van der Waals surface area contributed by atoms with E-state index in [9.17, 15) is 0 Å². The molecule has 1 saturated heterocycles. The Kier molecular flexibility index (Phi) is 2.62. The van der Waals surface area contributed by atoms with Crippen molar-refractivity contribution in [1.82, 2.24) is 4.90 Å². The van der Waals surface area contributed by atoms with Crippen LogP contribution in [0.15, 0.2) is 0 Å². The molecule has 0 aromatic carbocycles. The lowest BCUT2D eigenvalue weighted by atomic mass is 10.0. The third kappa shape index (κ3) is 2.02. The van der Waals surface area contributed by atoms with Crippen molar-refractivity contribution in [3.05, 3.63) is 0 Å². The van der Waals surface area contributed by atoms with E-state index in [1.54, 1.807) is 0 Å². The first-order valence-electron chi connectivity index (χ1n) is 5.16. The Morgan fingerprint density at radius 2 is 1.69 bits per heavy atom. The third-order valence-corrected chi connectivity index (χ3v) is 4.22. The molecule has 1 aliphatic carbocycles. The van der Waals surface area contributed by atoms with Gasteiger partial charge < -0.3 is 5.73 Å². The van der Waals surface area contributed by atoms with Gasteiger partial charge in [-0.25, -0.2) is 0 Å². The Morgan fingerprint density at radius 1 is 1.23 bits per heavy atom. The molecule has 13 heavy (non-hydrogen) atoms. The average Bonchev–Trinajstić information content (AvgIpc) is 2.40. The Bertz CT molecular complexity index is 186. The van der Waals surface area contributed by atoms with Crippen LogP contribution in [0.25, 0.3) is 0 Å². The summed E-state index contributed by atoms with van der Waals surface area (Å²) in [4.78, 5) is 2.61. The van der Waals surface area contributed by atoms with Gasteiger partial charge in [-0.15, -0.1) is 0 Å². The Hall–Kier alpha value is 0.650. The number of nitrogens with zero attached hydrogens (tertiary/aromatic N) is 1. The van der Waals surface area contributed by atoms with Crippen molar-refractivity contribution in [2.24, 2.45) is 17.6 Å². The second-order valence-electron chi connectivity index (χ2n) is 5.07. The van der Waals surface area contributed by atoms with Crippen molar-refractivity contribution >= 4 is 22.6 Å². The minimum Gasteiger partial charge on any atom is -0.328 e. The maximum Gasteiger partial charge on any atom is 0.0673 e. The van der Waals surface area contributed by atoms with Gasteiger partial charge in [0, 0.05) is 19.1 Å². The second kappa shape index (κ2) is 3.35. The summed E-state index contributed by atoms with van der Waals surface area (Å²) in [6.07, 6.45) is 2.52. The number of nitrogens with two attached hydrogens (primary N) is 1. The normalized spacial score (nSPS) is 41.1. The highest BCUT2D eigenvalue weighted by atomic mass is 127.